The average molecular weight is 254 g/mol. The van der Waals surface area contributed by atoms with Gasteiger partial charge in [0.1, 0.15) is 0 Å². The van der Waals surface area contributed by atoms with E-state index in [-0.39, 0.29) is 11.9 Å². The normalized spacial score (nSPS) is 26.1. The van der Waals surface area contributed by atoms with E-state index in [0.717, 1.165) is 12.3 Å². The zero-order chi connectivity index (χ0) is 13.7. The first-order valence-electron chi connectivity index (χ1n) is 7.37. The van der Waals surface area contributed by atoms with Crippen LogP contribution in [0, 0.1) is 11.8 Å². The Balaban J connectivity index is 2.57. The summed E-state index contributed by atoms with van der Waals surface area (Å²) in [5.74, 6) is 1.57. The first kappa shape index (κ1) is 15.5. The first-order valence-corrected chi connectivity index (χ1v) is 7.37. The second-order valence-corrected chi connectivity index (χ2v) is 6.55. The lowest BCUT2D eigenvalue weighted by Crippen LogP contribution is -2.49. The molecule has 3 unspecified atom stereocenters. The topological polar surface area (TPSA) is 32.3 Å². The van der Waals surface area contributed by atoms with E-state index in [4.69, 9.17) is 0 Å². The zero-order valence-corrected chi connectivity index (χ0v) is 12.7. The van der Waals surface area contributed by atoms with Crippen molar-refractivity contribution in [1.82, 2.24) is 10.2 Å². The third kappa shape index (κ3) is 4.97. The summed E-state index contributed by atoms with van der Waals surface area (Å²) >= 11 is 0. The Kier molecular flexibility index (Phi) is 6.13. The van der Waals surface area contributed by atoms with Crippen LogP contribution in [0.3, 0.4) is 0 Å². The summed E-state index contributed by atoms with van der Waals surface area (Å²) in [7, 11) is 3.70. The van der Waals surface area contributed by atoms with Crippen molar-refractivity contribution < 1.29 is 4.79 Å². The van der Waals surface area contributed by atoms with Crippen LogP contribution in [0.2, 0.25) is 0 Å². The molecule has 1 N–H and O–H groups in total. The molecule has 3 heteroatoms. The molecule has 0 heterocycles. The van der Waals surface area contributed by atoms with E-state index in [1.807, 2.05) is 14.1 Å². The zero-order valence-electron chi connectivity index (χ0n) is 12.7. The van der Waals surface area contributed by atoms with Crippen molar-refractivity contribution in [2.45, 2.75) is 65.0 Å². The van der Waals surface area contributed by atoms with Crippen molar-refractivity contribution in [3.05, 3.63) is 0 Å². The molecule has 1 saturated carbocycles. The average Bonchev–Trinajstić information content (AvgIpc) is 2.26. The van der Waals surface area contributed by atoms with Gasteiger partial charge in [-0.25, -0.2) is 0 Å². The summed E-state index contributed by atoms with van der Waals surface area (Å²) in [6.07, 6.45) is 6.01. The van der Waals surface area contributed by atoms with Crippen molar-refractivity contribution in [2.24, 2.45) is 11.8 Å². The SMILES string of the molecule is CC(C)CC(NC1CCCC(C)C1)C(=O)N(C)C. The Morgan fingerprint density at radius 1 is 1.33 bits per heavy atom. The van der Waals surface area contributed by atoms with Crippen LogP contribution in [0.15, 0.2) is 0 Å². The number of amides is 1. The molecule has 0 radical (unpaired) electrons. The Labute approximate surface area is 112 Å². The van der Waals surface area contributed by atoms with Crippen LogP contribution in [0.4, 0.5) is 0 Å². The third-order valence-corrected chi connectivity index (χ3v) is 3.82. The molecule has 3 atom stereocenters. The molecule has 106 valence electrons. The van der Waals surface area contributed by atoms with E-state index >= 15 is 0 Å². The van der Waals surface area contributed by atoms with Gasteiger partial charge in [0, 0.05) is 20.1 Å². The Hall–Kier alpha value is -0.570. The van der Waals surface area contributed by atoms with Gasteiger partial charge >= 0.3 is 0 Å². The predicted octanol–water partition coefficient (Wildman–Crippen LogP) is 2.66. The number of nitrogens with zero attached hydrogens (tertiary/aromatic N) is 1. The van der Waals surface area contributed by atoms with Crippen molar-refractivity contribution in [3.8, 4) is 0 Å². The Morgan fingerprint density at radius 3 is 2.50 bits per heavy atom. The summed E-state index contributed by atoms with van der Waals surface area (Å²) < 4.78 is 0. The van der Waals surface area contributed by atoms with E-state index in [0.29, 0.717) is 12.0 Å². The number of nitrogens with one attached hydrogen (secondary N) is 1. The fourth-order valence-electron chi connectivity index (χ4n) is 2.89. The monoisotopic (exact) mass is 254 g/mol. The molecule has 18 heavy (non-hydrogen) atoms. The first-order chi connectivity index (χ1) is 8.40. The molecule has 0 saturated heterocycles. The molecule has 0 spiro atoms. The van der Waals surface area contributed by atoms with Gasteiger partial charge < -0.3 is 10.2 Å². The summed E-state index contributed by atoms with van der Waals surface area (Å²) in [5.41, 5.74) is 0. The van der Waals surface area contributed by atoms with Crippen molar-refractivity contribution in [1.29, 1.82) is 0 Å². The highest BCUT2D eigenvalue weighted by atomic mass is 16.2. The van der Waals surface area contributed by atoms with Crippen LogP contribution < -0.4 is 5.32 Å². The molecule has 0 aromatic heterocycles. The lowest BCUT2D eigenvalue weighted by atomic mass is 9.86. The van der Waals surface area contributed by atoms with Crippen molar-refractivity contribution in [2.75, 3.05) is 14.1 Å². The quantitative estimate of drug-likeness (QED) is 0.818. The van der Waals surface area contributed by atoms with E-state index in [1.165, 1.54) is 25.7 Å². The smallest absolute Gasteiger partial charge is 0.239 e. The summed E-state index contributed by atoms with van der Waals surface area (Å²) in [6.45, 7) is 6.68. The highest BCUT2D eigenvalue weighted by Gasteiger charge is 2.26. The van der Waals surface area contributed by atoms with Gasteiger partial charge in [-0.1, -0.05) is 33.6 Å². The van der Waals surface area contributed by atoms with E-state index in [9.17, 15) is 4.79 Å². The van der Waals surface area contributed by atoms with E-state index in [1.54, 1.807) is 4.90 Å². The van der Waals surface area contributed by atoms with Gasteiger partial charge in [-0.2, -0.15) is 0 Å². The maximum atomic E-state index is 12.2. The van der Waals surface area contributed by atoms with Gasteiger partial charge in [-0.3, -0.25) is 4.79 Å². The molecule has 0 aliphatic heterocycles. The van der Waals surface area contributed by atoms with Crippen LogP contribution in [-0.4, -0.2) is 37.0 Å². The summed E-state index contributed by atoms with van der Waals surface area (Å²) in [6, 6.07) is 0.525. The molecule has 3 nitrogen and oxygen atoms in total. The van der Waals surface area contributed by atoms with Gasteiger partial charge in [0.25, 0.3) is 0 Å². The van der Waals surface area contributed by atoms with Crippen LogP contribution in [0.1, 0.15) is 52.9 Å². The molecule has 1 fully saturated rings. The summed E-state index contributed by atoms with van der Waals surface area (Å²) in [4.78, 5) is 13.9. The summed E-state index contributed by atoms with van der Waals surface area (Å²) in [5, 5.41) is 3.61. The lowest BCUT2D eigenvalue weighted by molar-refractivity contribution is -0.131. The number of rotatable bonds is 5. The van der Waals surface area contributed by atoms with E-state index in [2.05, 4.69) is 26.1 Å². The molecule has 1 aliphatic rings. The van der Waals surface area contributed by atoms with Crippen molar-refractivity contribution >= 4 is 5.91 Å². The van der Waals surface area contributed by atoms with Gasteiger partial charge in [0.15, 0.2) is 0 Å². The molecule has 0 aromatic carbocycles. The molecule has 0 bridgehead atoms. The van der Waals surface area contributed by atoms with Crippen LogP contribution in [0.5, 0.6) is 0 Å². The second kappa shape index (κ2) is 7.13. The number of carbonyl (C=O) groups excluding carboxylic acids is 1. The van der Waals surface area contributed by atoms with Gasteiger partial charge in [-0.15, -0.1) is 0 Å². The largest absolute Gasteiger partial charge is 0.347 e. The minimum absolute atomic E-state index is 0.00435. The minimum atomic E-state index is -0.00435. The van der Waals surface area contributed by atoms with Crippen LogP contribution >= 0.6 is 0 Å². The lowest BCUT2D eigenvalue weighted by Gasteiger charge is -2.32. The number of likely N-dealkylation sites (N-methyl/N-ethyl adjacent to an activating group) is 1. The third-order valence-electron chi connectivity index (χ3n) is 3.82. The highest BCUT2D eigenvalue weighted by Crippen LogP contribution is 2.24. The molecule has 1 amide bonds. The Morgan fingerprint density at radius 2 is 2.00 bits per heavy atom. The standard InChI is InChI=1S/C15H30N2O/c1-11(2)9-14(15(18)17(4)5)16-13-8-6-7-12(3)10-13/h11-14,16H,6-10H2,1-5H3. The Bertz CT molecular complexity index is 263. The highest BCUT2D eigenvalue weighted by molar-refractivity contribution is 5.81. The molecule has 1 aliphatic carbocycles. The number of hydrogen-bond donors (Lipinski definition) is 1. The van der Waals surface area contributed by atoms with Gasteiger partial charge in [0.2, 0.25) is 5.91 Å². The predicted molar refractivity (Wildman–Crippen MR) is 76.5 cm³/mol. The van der Waals surface area contributed by atoms with E-state index < -0.39 is 0 Å². The number of carbonyl (C=O) groups is 1. The fraction of sp³-hybridized carbons (Fsp3) is 0.933. The maximum Gasteiger partial charge on any atom is 0.239 e. The maximum absolute atomic E-state index is 12.2. The van der Waals surface area contributed by atoms with Gasteiger partial charge in [0.05, 0.1) is 6.04 Å². The number of hydrogen-bond acceptors (Lipinski definition) is 2. The van der Waals surface area contributed by atoms with Crippen LogP contribution in [-0.2, 0) is 4.79 Å². The molecular weight excluding hydrogens is 224 g/mol. The second-order valence-electron chi connectivity index (χ2n) is 6.55. The van der Waals surface area contributed by atoms with Crippen molar-refractivity contribution in [3.63, 3.8) is 0 Å². The van der Waals surface area contributed by atoms with Crippen LogP contribution in [0.25, 0.3) is 0 Å². The minimum Gasteiger partial charge on any atom is -0.347 e. The molecular formula is C15H30N2O. The van der Waals surface area contributed by atoms with Gasteiger partial charge in [-0.05, 0) is 31.1 Å². The molecule has 1 rings (SSSR count). The molecule has 0 aromatic rings. The fourth-order valence-corrected chi connectivity index (χ4v) is 2.89.